The van der Waals surface area contributed by atoms with E-state index in [1.807, 2.05) is 26.8 Å². The van der Waals surface area contributed by atoms with Gasteiger partial charge in [-0.25, -0.2) is 19.2 Å². The van der Waals surface area contributed by atoms with Gasteiger partial charge in [-0.2, -0.15) is 0 Å². The number of pyridine rings is 3. The predicted octanol–water partition coefficient (Wildman–Crippen LogP) is 9.98. The van der Waals surface area contributed by atoms with Gasteiger partial charge in [-0.1, -0.05) is 56.1 Å². The van der Waals surface area contributed by atoms with Gasteiger partial charge in [-0.3, -0.25) is 9.78 Å². The van der Waals surface area contributed by atoms with Crippen molar-refractivity contribution in [2.45, 2.75) is 71.8 Å². The molecule has 0 aliphatic carbocycles. The minimum absolute atomic E-state index is 0.0210. The molecule has 0 atom stereocenters. The number of benzene rings is 1. The number of nitrogens with one attached hydrogen (secondary N) is 1. The van der Waals surface area contributed by atoms with Gasteiger partial charge in [0.1, 0.15) is 5.60 Å². The summed E-state index contributed by atoms with van der Waals surface area (Å²) in [7, 11) is -0.540. The maximum atomic E-state index is 14.7. The zero-order valence-electron chi connectivity index (χ0n) is 30.4. The molecule has 0 spiro atoms. The Morgan fingerprint density at radius 2 is 1.69 bits per heavy atom. The first-order valence-corrected chi connectivity index (χ1v) is 20.0. The lowest BCUT2D eigenvalue weighted by molar-refractivity contribution is 0.0204. The number of hydrogen-bond acceptors (Lipinski definition) is 9. The number of halogens is 3. The monoisotopic (exact) mass is 755 g/mol. The van der Waals surface area contributed by atoms with Gasteiger partial charge in [-0.15, -0.1) is 0 Å². The van der Waals surface area contributed by atoms with Crippen molar-refractivity contribution in [3.8, 4) is 28.4 Å². The van der Waals surface area contributed by atoms with Crippen LogP contribution in [0.1, 0.15) is 57.5 Å². The van der Waals surface area contributed by atoms with Crippen LogP contribution in [-0.4, -0.2) is 66.4 Å². The first-order valence-electron chi connectivity index (χ1n) is 16.3. The van der Waals surface area contributed by atoms with Crippen molar-refractivity contribution >= 4 is 55.4 Å². The molecule has 4 aromatic rings. The maximum Gasteiger partial charge on any atom is 0.410 e. The van der Waals surface area contributed by atoms with E-state index in [4.69, 9.17) is 42.1 Å². The zero-order chi connectivity index (χ0) is 37.7. The van der Waals surface area contributed by atoms with E-state index in [2.05, 4.69) is 49.1 Å². The Balaban J connectivity index is 1.64. The number of carbonyl (C=O) groups is 2. The summed E-state index contributed by atoms with van der Waals surface area (Å²) >= 11 is 13.8. The predicted molar refractivity (Wildman–Crippen MR) is 202 cm³/mol. The van der Waals surface area contributed by atoms with E-state index in [0.29, 0.717) is 59.1 Å². The Morgan fingerprint density at radius 1 is 0.980 bits per heavy atom. The molecule has 0 bridgehead atoms. The molecule has 0 fully saturated rings. The molecule has 0 radical (unpaired) electrons. The maximum absolute atomic E-state index is 14.7. The highest BCUT2D eigenvalue weighted by Gasteiger charge is 2.37. The second-order valence-electron chi connectivity index (χ2n) is 14.4. The van der Waals surface area contributed by atoms with E-state index < -0.39 is 25.8 Å². The SMILES string of the molecule is COc1nc(-c2ccnc(-c3cccc(Nc4nccc(C=O)c4F)c3Cl)c2Cl)ccc1CN(CCO[Si](C)(C)C(C)(C)C)C(=O)OC(C)(C)C. The number of rotatable bonds is 12. The molecule has 14 heteroatoms. The van der Waals surface area contributed by atoms with Crippen molar-refractivity contribution < 1.29 is 27.9 Å². The number of anilines is 2. The molecule has 0 saturated carbocycles. The van der Waals surface area contributed by atoms with Crippen molar-refractivity contribution in [2.24, 2.45) is 0 Å². The topological polar surface area (TPSA) is 116 Å². The highest BCUT2D eigenvalue weighted by Crippen LogP contribution is 2.41. The summed E-state index contributed by atoms with van der Waals surface area (Å²) in [6.07, 6.45) is 2.84. The van der Waals surface area contributed by atoms with Crippen LogP contribution in [0, 0.1) is 5.82 Å². The zero-order valence-corrected chi connectivity index (χ0v) is 32.9. The highest BCUT2D eigenvalue weighted by atomic mass is 35.5. The second kappa shape index (κ2) is 16.1. The molecule has 3 aromatic heterocycles. The third kappa shape index (κ3) is 9.62. The van der Waals surface area contributed by atoms with Crippen LogP contribution in [0.15, 0.2) is 54.9 Å². The molecule has 1 aromatic carbocycles. The van der Waals surface area contributed by atoms with Crippen molar-refractivity contribution in [1.29, 1.82) is 0 Å². The minimum atomic E-state index is -2.05. The number of carbonyl (C=O) groups excluding carboxylic acids is 2. The van der Waals surface area contributed by atoms with Crippen LogP contribution in [0.5, 0.6) is 5.88 Å². The number of ether oxygens (including phenoxy) is 2. The first-order chi connectivity index (χ1) is 23.9. The lowest BCUT2D eigenvalue weighted by Crippen LogP contribution is -2.44. The summed E-state index contributed by atoms with van der Waals surface area (Å²) < 4.78 is 32.5. The van der Waals surface area contributed by atoms with E-state index in [-0.39, 0.29) is 33.0 Å². The van der Waals surface area contributed by atoms with Crippen LogP contribution in [0.25, 0.3) is 22.5 Å². The summed E-state index contributed by atoms with van der Waals surface area (Å²) in [6.45, 7) is 17.1. The Labute approximate surface area is 309 Å². The summed E-state index contributed by atoms with van der Waals surface area (Å²) in [5.41, 5.74) is 2.05. The molecule has 0 aliphatic rings. The van der Waals surface area contributed by atoms with E-state index in [0.717, 1.165) is 0 Å². The van der Waals surface area contributed by atoms with Crippen molar-refractivity contribution in [2.75, 3.05) is 25.6 Å². The lowest BCUT2D eigenvalue weighted by atomic mass is 10.1. The average Bonchev–Trinajstić information content (AvgIpc) is 3.05. The van der Waals surface area contributed by atoms with Gasteiger partial charge in [0.05, 0.1) is 52.9 Å². The third-order valence-corrected chi connectivity index (χ3v) is 13.8. The molecule has 272 valence electrons. The summed E-state index contributed by atoms with van der Waals surface area (Å²) in [5.74, 6) is -0.655. The quantitative estimate of drug-likeness (QED) is 0.111. The third-order valence-electron chi connectivity index (χ3n) is 8.49. The largest absolute Gasteiger partial charge is 0.481 e. The van der Waals surface area contributed by atoms with Crippen LogP contribution in [0.4, 0.5) is 20.7 Å². The van der Waals surface area contributed by atoms with Crippen LogP contribution in [-0.2, 0) is 15.7 Å². The van der Waals surface area contributed by atoms with Crippen molar-refractivity contribution in [1.82, 2.24) is 19.9 Å². The lowest BCUT2D eigenvalue weighted by Gasteiger charge is -2.37. The summed E-state index contributed by atoms with van der Waals surface area (Å²) in [4.78, 5) is 39.4. The molecule has 1 amide bonds. The Kier molecular flexibility index (Phi) is 12.5. The molecule has 4 rings (SSSR count). The van der Waals surface area contributed by atoms with Gasteiger partial charge in [0.2, 0.25) is 5.88 Å². The van der Waals surface area contributed by atoms with Gasteiger partial charge >= 0.3 is 6.09 Å². The molecule has 1 N–H and O–H groups in total. The van der Waals surface area contributed by atoms with Gasteiger partial charge in [0.15, 0.2) is 26.2 Å². The number of hydrogen-bond donors (Lipinski definition) is 1. The minimum Gasteiger partial charge on any atom is -0.481 e. The fourth-order valence-electron chi connectivity index (χ4n) is 4.72. The van der Waals surface area contributed by atoms with E-state index in [9.17, 15) is 14.0 Å². The van der Waals surface area contributed by atoms with Crippen molar-refractivity contribution in [3.63, 3.8) is 0 Å². The molecule has 10 nitrogen and oxygen atoms in total. The summed E-state index contributed by atoms with van der Waals surface area (Å²) in [6, 6.07) is 11.7. The fraction of sp³-hybridized carbons (Fsp3) is 0.378. The standard InChI is InChI=1S/C37H44Cl2FN5O5Si/c1-36(2,3)50-35(47)45(19-20-49-51(8,9)37(4,5)6)21-23-13-14-27(44-34(23)48-7)25-16-18-41-32(30(25)39)26-11-10-12-28(29(26)38)43-33-31(40)24(22-46)15-17-42-33/h10-18,22H,19-21H2,1-9H3,(H,42,43). The highest BCUT2D eigenvalue weighted by molar-refractivity contribution is 6.74. The number of aromatic nitrogens is 3. The Bertz CT molecular complexity index is 1900. The van der Waals surface area contributed by atoms with Crippen LogP contribution < -0.4 is 10.1 Å². The summed E-state index contributed by atoms with van der Waals surface area (Å²) in [5, 5.41) is 3.35. The fourth-order valence-corrected chi connectivity index (χ4v) is 6.32. The van der Waals surface area contributed by atoms with E-state index in [1.54, 1.807) is 41.4 Å². The molecule has 3 heterocycles. The number of methoxy groups -OCH3 is 1. The van der Waals surface area contributed by atoms with Gasteiger partial charge in [-0.05, 0) is 69.2 Å². The normalized spacial score (nSPS) is 12.0. The van der Waals surface area contributed by atoms with Crippen LogP contribution in [0.3, 0.4) is 0 Å². The van der Waals surface area contributed by atoms with Gasteiger partial charge in [0.25, 0.3) is 0 Å². The molecule has 51 heavy (non-hydrogen) atoms. The van der Waals surface area contributed by atoms with Gasteiger partial charge in [0, 0.05) is 35.6 Å². The first kappa shape index (κ1) is 39.7. The molecular formula is C37H44Cl2FN5O5Si. The Morgan fingerprint density at radius 3 is 2.33 bits per heavy atom. The smallest absolute Gasteiger partial charge is 0.410 e. The molecular weight excluding hydrogens is 712 g/mol. The number of amides is 1. The Hall–Kier alpha value is -4.10. The van der Waals surface area contributed by atoms with E-state index >= 15 is 0 Å². The van der Waals surface area contributed by atoms with E-state index in [1.165, 1.54) is 19.4 Å². The average molecular weight is 757 g/mol. The van der Waals surface area contributed by atoms with Gasteiger partial charge < -0.3 is 24.1 Å². The number of aldehydes is 1. The molecule has 0 unspecified atom stereocenters. The van der Waals surface area contributed by atoms with Crippen LogP contribution in [0.2, 0.25) is 28.2 Å². The van der Waals surface area contributed by atoms with Crippen LogP contribution >= 0.6 is 23.2 Å². The van der Waals surface area contributed by atoms with Crippen molar-refractivity contribution in [3.05, 3.63) is 81.8 Å². The second-order valence-corrected chi connectivity index (χ2v) is 19.9. The molecule has 0 saturated heterocycles. The number of nitrogens with zero attached hydrogens (tertiary/aromatic N) is 4. The molecule has 0 aliphatic heterocycles.